The van der Waals surface area contributed by atoms with Crippen molar-refractivity contribution in [1.29, 1.82) is 0 Å². The number of aromatic nitrogens is 3. The van der Waals surface area contributed by atoms with E-state index in [1.165, 1.54) is 6.20 Å². The summed E-state index contributed by atoms with van der Waals surface area (Å²) in [5, 5.41) is 7.73. The molecule has 0 spiro atoms. The third kappa shape index (κ3) is 2.56. The number of hydrogen-bond acceptors (Lipinski definition) is 4. The predicted octanol–water partition coefficient (Wildman–Crippen LogP) is 1.74. The minimum Gasteiger partial charge on any atom is -0.315 e. The number of carbonyl (C=O) groups excluding carboxylic acids is 1. The lowest BCUT2D eigenvalue weighted by Gasteiger charge is -2.23. The summed E-state index contributed by atoms with van der Waals surface area (Å²) < 4.78 is 1.61. The van der Waals surface area contributed by atoms with Crippen LogP contribution in [0.2, 0.25) is 0 Å². The third-order valence-electron chi connectivity index (χ3n) is 3.13. The van der Waals surface area contributed by atoms with Gasteiger partial charge in [-0.2, -0.15) is 0 Å². The molecule has 0 aliphatic carbocycles. The first-order valence-corrected chi connectivity index (χ1v) is 6.35. The average Bonchev–Trinajstić information content (AvgIpc) is 2.87. The number of rotatable bonds is 5. The summed E-state index contributed by atoms with van der Waals surface area (Å²) in [5.41, 5.74) is 6.38. The highest BCUT2D eigenvalue weighted by Crippen LogP contribution is 2.22. The molecule has 2 N–H and O–H groups in total. The molecule has 0 aliphatic rings. The molecule has 1 aromatic carbocycles. The second-order valence-electron chi connectivity index (χ2n) is 4.74. The molecule has 19 heavy (non-hydrogen) atoms. The Kier molecular flexibility index (Phi) is 3.76. The average molecular weight is 258 g/mol. The van der Waals surface area contributed by atoms with Gasteiger partial charge in [0.25, 0.3) is 0 Å². The fourth-order valence-electron chi connectivity index (χ4n) is 1.99. The summed E-state index contributed by atoms with van der Waals surface area (Å²) >= 11 is 0. The molecule has 1 heterocycles. The summed E-state index contributed by atoms with van der Waals surface area (Å²) in [6, 6.07) is 9.34. The molecular weight excluding hydrogens is 240 g/mol. The molecule has 0 fully saturated rings. The number of Topliss-reactive ketones (excluding diaryl/α,β-unsaturated/α-hetero) is 1. The predicted molar refractivity (Wildman–Crippen MR) is 72.6 cm³/mol. The van der Waals surface area contributed by atoms with Gasteiger partial charge in [-0.05, 0) is 18.9 Å². The topological polar surface area (TPSA) is 73.8 Å². The van der Waals surface area contributed by atoms with Crippen molar-refractivity contribution in [2.75, 3.05) is 0 Å². The maximum Gasteiger partial charge on any atom is 0.206 e. The van der Waals surface area contributed by atoms with Crippen molar-refractivity contribution in [3.8, 4) is 0 Å². The van der Waals surface area contributed by atoms with Crippen molar-refractivity contribution in [3.05, 3.63) is 47.8 Å². The van der Waals surface area contributed by atoms with E-state index < -0.39 is 5.54 Å². The quantitative estimate of drug-likeness (QED) is 0.829. The van der Waals surface area contributed by atoms with Crippen LogP contribution in [0.25, 0.3) is 0 Å². The van der Waals surface area contributed by atoms with E-state index in [4.69, 9.17) is 5.73 Å². The largest absolute Gasteiger partial charge is 0.315 e. The normalized spacial score (nSPS) is 14.1. The molecule has 2 aromatic rings. The molecule has 5 nitrogen and oxygen atoms in total. The zero-order valence-electron chi connectivity index (χ0n) is 11.2. The van der Waals surface area contributed by atoms with E-state index in [0.29, 0.717) is 12.2 Å². The third-order valence-corrected chi connectivity index (χ3v) is 3.13. The summed E-state index contributed by atoms with van der Waals surface area (Å²) in [6.45, 7) is 4.40. The van der Waals surface area contributed by atoms with Crippen LogP contribution in [0.3, 0.4) is 0 Å². The summed E-state index contributed by atoms with van der Waals surface area (Å²) in [5.74, 6) is -0.169. The van der Waals surface area contributed by atoms with Gasteiger partial charge in [0, 0.05) is 6.54 Å². The van der Waals surface area contributed by atoms with Gasteiger partial charge in [0.05, 0.1) is 6.20 Å². The van der Waals surface area contributed by atoms with Crippen molar-refractivity contribution in [2.24, 2.45) is 5.73 Å². The number of carbonyl (C=O) groups is 1. The first-order valence-electron chi connectivity index (χ1n) is 6.35. The Morgan fingerprint density at radius 1 is 1.37 bits per heavy atom. The van der Waals surface area contributed by atoms with Gasteiger partial charge in [-0.25, -0.2) is 4.68 Å². The lowest BCUT2D eigenvalue weighted by Crippen LogP contribution is -2.42. The fraction of sp³-hybridized carbons (Fsp3) is 0.357. The van der Waals surface area contributed by atoms with Gasteiger partial charge in [-0.15, -0.1) is 5.10 Å². The molecule has 1 aromatic heterocycles. The van der Waals surface area contributed by atoms with Crippen LogP contribution in [-0.4, -0.2) is 20.8 Å². The first-order chi connectivity index (χ1) is 9.07. The molecule has 1 atom stereocenters. The van der Waals surface area contributed by atoms with Crippen LogP contribution < -0.4 is 5.73 Å². The minimum atomic E-state index is -1.07. The fourth-order valence-corrected chi connectivity index (χ4v) is 1.99. The molecule has 1 unspecified atom stereocenters. The van der Waals surface area contributed by atoms with Gasteiger partial charge in [-0.3, -0.25) is 4.79 Å². The van der Waals surface area contributed by atoms with Gasteiger partial charge < -0.3 is 5.73 Å². The Balaban J connectivity index is 2.35. The summed E-state index contributed by atoms with van der Waals surface area (Å²) in [4.78, 5) is 12.6. The molecule has 2 rings (SSSR count). The monoisotopic (exact) mass is 258 g/mol. The second-order valence-corrected chi connectivity index (χ2v) is 4.74. The van der Waals surface area contributed by atoms with Gasteiger partial charge in [0.15, 0.2) is 0 Å². The molecule has 5 heteroatoms. The van der Waals surface area contributed by atoms with Crippen molar-refractivity contribution in [1.82, 2.24) is 15.0 Å². The molecular formula is C14H18N4O. The van der Waals surface area contributed by atoms with E-state index >= 15 is 0 Å². The number of nitrogens with two attached hydrogens (primary N) is 1. The van der Waals surface area contributed by atoms with Gasteiger partial charge in [-0.1, -0.05) is 42.5 Å². The van der Waals surface area contributed by atoms with Crippen LogP contribution in [-0.2, 0) is 12.1 Å². The summed E-state index contributed by atoms with van der Waals surface area (Å²) in [7, 11) is 0. The number of hydrogen-bond donors (Lipinski definition) is 1. The zero-order valence-corrected chi connectivity index (χ0v) is 11.2. The number of aryl methyl sites for hydroxylation is 1. The van der Waals surface area contributed by atoms with E-state index in [0.717, 1.165) is 12.0 Å². The molecule has 0 amide bonds. The highest BCUT2D eigenvalue weighted by Gasteiger charge is 2.33. The van der Waals surface area contributed by atoms with Gasteiger partial charge in [0.1, 0.15) is 11.2 Å². The minimum absolute atomic E-state index is 0.169. The van der Waals surface area contributed by atoms with E-state index in [1.54, 1.807) is 11.6 Å². The second kappa shape index (κ2) is 5.32. The zero-order chi connectivity index (χ0) is 13.9. The molecule has 0 radical (unpaired) electrons. The molecule has 0 aliphatic heterocycles. The first kappa shape index (κ1) is 13.4. The lowest BCUT2D eigenvalue weighted by molar-refractivity contribution is 0.0888. The Hall–Kier alpha value is -2.01. The number of benzene rings is 1. The van der Waals surface area contributed by atoms with Crippen LogP contribution in [0, 0.1) is 0 Å². The maximum atomic E-state index is 12.6. The molecule has 0 saturated carbocycles. The van der Waals surface area contributed by atoms with Crippen LogP contribution in [0.5, 0.6) is 0 Å². The van der Waals surface area contributed by atoms with E-state index in [2.05, 4.69) is 10.3 Å². The van der Waals surface area contributed by atoms with Gasteiger partial charge >= 0.3 is 0 Å². The van der Waals surface area contributed by atoms with Gasteiger partial charge in [0.2, 0.25) is 5.78 Å². The number of nitrogens with zero attached hydrogens (tertiary/aromatic N) is 3. The van der Waals surface area contributed by atoms with Crippen molar-refractivity contribution in [2.45, 2.75) is 32.4 Å². The van der Waals surface area contributed by atoms with Crippen LogP contribution >= 0.6 is 0 Å². The Bertz CT molecular complexity index is 560. The number of ketones is 1. The molecule has 0 bridgehead atoms. The highest BCUT2D eigenvalue weighted by molar-refractivity contribution is 6.01. The SMILES string of the molecule is CCCn1nncc1C(=O)C(C)(N)c1ccccc1. The van der Waals surface area contributed by atoms with E-state index in [9.17, 15) is 4.79 Å². The smallest absolute Gasteiger partial charge is 0.206 e. The Morgan fingerprint density at radius 3 is 2.68 bits per heavy atom. The van der Waals surface area contributed by atoms with Crippen molar-refractivity contribution in [3.63, 3.8) is 0 Å². The van der Waals surface area contributed by atoms with Crippen molar-refractivity contribution >= 4 is 5.78 Å². The standard InChI is InChI=1S/C14H18N4O/c1-3-9-18-12(10-16-17-18)13(19)14(2,15)11-7-5-4-6-8-11/h4-8,10H,3,9,15H2,1-2H3. The van der Waals surface area contributed by atoms with E-state index in [-0.39, 0.29) is 5.78 Å². The molecule has 0 saturated heterocycles. The van der Waals surface area contributed by atoms with Crippen molar-refractivity contribution < 1.29 is 4.79 Å². The Morgan fingerprint density at radius 2 is 2.05 bits per heavy atom. The van der Waals surface area contributed by atoms with Crippen LogP contribution in [0.4, 0.5) is 0 Å². The maximum absolute atomic E-state index is 12.6. The highest BCUT2D eigenvalue weighted by atomic mass is 16.1. The lowest BCUT2D eigenvalue weighted by atomic mass is 9.87. The van der Waals surface area contributed by atoms with Crippen LogP contribution in [0.1, 0.15) is 36.3 Å². The molecule has 100 valence electrons. The summed E-state index contributed by atoms with van der Waals surface area (Å²) in [6.07, 6.45) is 2.36. The van der Waals surface area contributed by atoms with Crippen LogP contribution in [0.15, 0.2) is 36.5 Å². The van der Waals surface area contributed by atoms with E-state index in [1.807, 2.05) is 37.3 Å². The Labute approximate surface area is 112 Å².